The maximum atomic E-state index is 5.88. The summed E-state index contributed by atoms with van der Waals surface area (Å²) < 4.78 is 0. The molecule has 1 aromatic carbocycles. The molecule has 0 amide bonds. The Balaban J connectivity index is 2.64. The molecule has 17 heavy (non-hydrogen) atoms. The van der Waals surface area contributed by atoms with Gasteiger partial charge in [-0.15, -0.1) is 0 Å². The van der Waals surface area contributed by atoms with Crippen LogP contribution in [0.3, 0.4) is 0 Å². The minimum absolute atomic E-state index is 0.0436. The van der Waals surface area contributed by atoms with Gasteiger partial charge in [0.2, 0.25) is 0 Å². The van der Waals surface area contributed by atoms with E-state index in [1.807, 2.05) is 24.3 Å². The fraction of sp³-hybridized carbons (Fsp3) is 0.571. The third kappa shape index (κ3) is 4.97. The molecular weight excluding hydrogens is 232 g/mol. The van der Waals surface area contributed by atoms with Gasteiger partial charge in [0.1, 0.15) is 0 Å². The quantitative estimate of drug-likeness (QED) is 0.808. The first-order valence-corrected chi connectivity index (χ1v) is 6.57. The molecule has 1 unspecified atom stereocenters. The van der Waals surface area contributed by atoms with Crippen molar-refractivity contribution in [3.05, 3.63) is 29.3 Å². The Hall–Kier alpha value is -0.730. The van der Waals surface area contributed by atoms with E-state index < -0.39 is 0 Å². The van der Waals surface area contributed by atoms with Gasteiger partial charge in [-0.05, 0) is 49.9 Å². The van der Waals surface area contributed by atoms with Crippen LogP contribution < -0.4 is 11.1 Å². The highest BCUT2D eigenvalue weighted by atomic mass is 35.5. The highest BCUT2D eigenvalue weighted by molar-refractivity contribution is 6.30. The number of rotatable bonds is 6. The molecule has 3 N–H and O–H groups in total. The number of anilines is 1. The van der Waals surface area contributed by atoms with Gasteiger partial charge in [-0.2, -0.15) is 0 Å². The minimum atomic E-state index is -0.0436. The molecule has 0 fully saturated rings. The first-order chi connectivity index (χ1) is 7.95. The van der Waals surface area contributed by atoms with Crippen LogP contribution in [-0.4, -0.2) is 12.1 Å². The second kappa shape index (κ2) is 6.27. The van der Waals surface area contributed by atoms with E-state index in [1.165, 1.54) is 6.42 Å². The molecule has 0 bridgehead atoms. The fourth-order valence-electron chi connectivity index (χ4n) is 1.70. The van der Waals surface area contributed by atoms with Crippen LogP contribution in [0, 0.1) is 5.92 Å². The lowest BCUT2D eigenvalue weighted by atomic mass is 9.91. The van der Waals surface area contributed by atoms with E-state index in [4.69, 9.17) is 17.3 Å². The van der Waals surface area contributed by atoms with Gasteiger partial charge < -0.3 is 11.1 Å². The predicted octanol–water partition coefficient (Wildman–Crippen LogP) is 3.91. The van der Waals surface area contributed by atoms with Gasteiger partial charge >= 0.3 is 0 Å². The van der Waals surface area contributed by atoms with Gasteiger partial charge in [-0.3, -0.25) is 0 Å². The lowest BCUT2D eigenvalue weighted by molar-refractivity contribution is 0.420. The van der Waals surface area contributed by atoms with E-state index in [2.05, 4.69) is 26.1 Å². The summed E-state index contributed by atoms with van der Waals surface area (Å²) in [7, 11) is 0. The third-order valence-electron chi connectivity index (χ3n) is 3.01. The van der Waals surface area contributed by atoms with Gasteiger partial charge in [-0.1, -0.05) is 25.4 Å². The molecule has 1 atom stereocenters. The molecule has 0 spiro atoms. The Bertz CT molecular complexity index is 335. The van der Waals surface area contributed by atoms with E-state index in [9.17, 15) is 0 Å². The topological polar surface area (TPSA) is 38.0 Å². The molecule has 0 aliphatic heterocycles. The van der Waals surface area contributed by atoms with Crippen molar-refractivity contribution in [2.45, 2.75) is 39.2 Å². The number of nitrogens with two attached hydrogens (primary N) is 1. The van der Waals surface area contributed by atoms with Crippen LogP contribution in [0.5, 0.6) is 0 Å². The fourth-order valence-corrected chi connectivity index (χ4v) is 1.83. The number of benzene rings is 1. The summed E-state index contributed by atoms with van der Waals surface area (Å²) in [6.07, 6.45) is 2.25. The summed E-state index contributed by atoms with van der Waals surface area (Å²) in [5.74, 6) is 0.702. The second-order valence-corrected chi connectivity index (χ2v) is 5.77. The minimum Gasteiger partial charge on any atom is -0.379 e. The van der Waals surface area contributed by atoms with Gasteiger partial charge in [-0.25, -0.2) is 0 Å². The highest BCUT2D eigenvalue weighted by Gasteiger charge is 2.22. The Labute approximate surface area is 110 Å². The first kappa shape index (κ1) is 14.3. The van der Waals surface area contributed by atoms with E-state index in [0.717, 1.165) is 17.1 Å². The van der Waals surface area contributed by atoms with E-state index in [0.29, 0.717) is 12.5 Å². The molecule has 0 aliphatic carbocycles. The van der Waals surface area contributed by atoms with Crippen LogP contribution in [0.4, 0.5) is 5.69 Å². The predicted molar refractivity (Wildman–Crippen MR) is 76.6 cm³/mol. The van der Waals surface area contributed by atoms with Crippen LogP contribution in [0.1, 0.15) is 33.6 Å². The summed E-state index contributed by atoms with van der Waals surface area (Å²) in [4.78, 5) is 0. The van der Waals surface area contributed by atoms with E-state index in [-0.39, 0.29) is 5.54 Å². The second-order valence-electron chi connectivity index (χ2n) is 5.33. The van der Waals surface area contributed by atoms with Gasteiger partial charge in [0.25, 0.3) is 0 Å². The van der Waals surface area contributed by atoms with Crippen LogP contribution in [-0.2, 0) is 0 Å². The smallest absolute Gasteiger partial charge is 0.0467 e. The van der Waals surface area contributed by atoms with Gasteiger partial charge in [0, 0.05) is 22.8 Å². The molecular formula is C14H23ClN2. The number of halogens is 1. The summed E-state index contributed by atoms with van der Waals surface area (Å²) in [5.41, 5.74) is 6.91. The zero-order chi connectivity index (χ0) is 12.9. The van der Waals surface area contributed by atoms with Crippen molar-refractivity contribution in [3.8, 4) is 0 Å². The molecule has 1 aromatic rings. The lowest BCUT2D eigenvalue weighted by Gasteiger charge is -2.31. The van der Waals surface area contributed by atoms with Gasteiger partial charge in [0.05, 0.1) is 0 Å². The van der Waals surface area contributed by atoms with E-state index in [1.54, 1.807) is 0 Å². The molecule has 96 valence electrons. The Morgan fingerprint density at radius 2 is 1.88 bits per heavy atom. The summed E-state index contributed by atoms with van der Waals surface area (Å²) in [5, 5.41) is 4.26. The molecule has 3 heteroatoms. The Morgan fingerprint density at radius 1 is 1.29 bits per heavy atom. The van der Waals surface area contributed by atoms with Crippen LogP contribution >= 0.6 is 11.6 Å². The summed E-state index contributed by atoms with van der Waals surface area (Å²) in [6, 6.07) is 7.77. The molecule has 0 heterocycles. The van der Waals surface area contributed by atoms with Crippen molar-refractivity contribution in [1.82, 2.24) is 0 Å². The van der Waals surface area contributed by atoms with Crippen molar-refractivity contribution >= 4 is 17.3 Å². The highest BCUT2D eigenvalue weighted by Crippen LogP contribution is 2.22. The van der Waals surface area contributed by atoms with Crippen molar-refractivity contribution in [2.24, 2.45) is 11.7 Å². The van der Waals surface area contributed by atoms with Crippen molar-refractivity contribution in [1.29, 1.82) is 0 Å². The standard InChI is InChI=1S/C14H23ClN2/c1-11(2)8-9-14(3,10-16)17-13-6-4-12(15)5-7-13/h4-7,11,17H,8-10,16H2,1-3H3. The Morgan fingerprint density at radius 3 is 2.35 bits per heavy atom. The average molecular weight is 255 g/mol. The van der Waals surface area contributed by atoms with E-state index >= 15 is 0 Å². The molecule has 2 nitrogen and oxygen atoms in total. The molecule has 0 saturated carbocycles. The SMILES string of the molecule is CC(C)CCC(C)(CN)Nc1ccc(Cl)cc1. The molecule has 0 radical (unpaired) electrons. The average Bonchev–Trinajstić information content (AvgIpc) is 2.30. The van der Waals surface area contributed by atoms with Gasteiger partial charge in [0.15, 0.2) is 0 Å². The van der Waals surface area contributed by atoms with Crippen molar-refractivity contribution < 1.29 is 0 Å². The molecule has 0 aromatic heterocycles. The van der Waals surface area contributed by atoms with Crippen LogP contribution in [0.15, 0.2) is 24.3 Å². The number of hydrogen-bond acceptors (Lipinski definition) is 2. The molecule has 0 aliphatic rings. The van der Waals surface area contributed by atoms with Crippen molar-refractivity contribution in [2.75, 3.05) is 11.9 Å². The number of hydrogen-bond donors (Lipinski definition) is 2. The molecule has 1 rings (SSSR count). The van der Waals surface area contributed by atoms with Crippen LogP contribution in [0.25, 0.3) is 0 Å². The molecule has 0 saturated heterocycles. The largest absolute Gasteiger partial charge is 0.379 e. The Kier molecular flexibility index (Phi) is 5.29. The number of nitrogens with one attached hydrogen (secondary N) is 1. The first-order valence-electron chi connectivity index (χ1n) is 6.19. The maximum absolute atomic E-state index is 5.88. The lowest BCUT2D eigenvalue weighted by Crippen LogP contribution is -2.42. The summed E-state index contributed by atoms with van der Waals surface area (Å²) in [6.45, 7) is 7.27. The van der Waals surface area contributed by atoms with Crippen molar-refractivity contribution in [3.63, 3.8) is 0 Å². The monoisotopic (exact) mass is 254 g/mol. The third-order valence-corrected chi connectivity index (χ3v) is 3.27. The zero-order valence-corrected chi connectivity index (χ0v) is 11.7. The normalized spacial score (nSPS) is 14.7. The summed E-state index contributed by atoms with van der Waals surface area (Å²) >= 11 is 5.87. The van der Waals surface area contributed by atoms with Crippen LogP contribution in [0.2, 0.25) is 5.02 Å². The zero-order valence-electron chi connectivity index (χ0n) is 11.0. The maximum Gasteiger partial charge on any atom is 0.0467 e.